The quantitative estimate of drug-likeness (QED) is 0.406. The number of unbranched alkanes of at least 4 members (excludes halogenated alkanes) is 1. The van der Waals surface area contributed by atoms with E-state index in [-0.39, 0.29) is 11.1 Å². The molecule has 0 spiro atoms. The summed E-state index contributed by atoms with van der Waals surface area (Å²) in [5.41, 5.74) is 1.71. The van der Waals surface area contributed by atoms with Crippen LogP contribution in [0.4, 0.5) is 13.2 Å². The Kier molecular flexibility index (Phi) is 5.94. The Balaban J connectivity index is 1.58. The summed E-state index contributed by atoms with van der Waals surface area (Å²) in [7, 11) is 0. The molecule has 0 aromatic heterocycles. The van der Waals surface area contributed by atoms with Crippen LogP contribution in [0.1, 0.15) is 63.4 Å². The molecule has 0 unspecified atom stereocenters. The van der Waals surface area contributed by atoms with Crippen LogP contribution in [0.3, 0.4) is 0 Å². The lowest BCUT2D eigenvalue weighted by molar-refractivity contribution is 0.304. The van der Waals surface area contributed by atoms with Crippen LogP contribution in [0.15, 0.2) is 48.5 Å². The average molecular weight is 396 g/mol. The summed E-state index contributed by atoms with van der Waals surface area (Å²) in [6, 6.07) is 12.5. The van der Waals surface area contributed by atoms with Gasteiger partial charge < -0.3 is 0 Å². The molecule has 0 radical (unpaired) electrons. The molecule has 1 aliphatic carbocycles. The van der Waals surface area contributed by atoms with Gasteiger partial charge in [0.05, 0.1) is 0 Å². The molecule has 4 rings (SSSR count). The summed E-state index contributed by atoms with van der Waals surface area (Å²) in [5.74, 6) is -0.438. The Morgan fingerprint density at radius 1 is 0.828 bits per heavy atom. The van der Waals surface area contributed by atoms with Gasteiger partial charge >= 0.3 is 0 Å². The number of hydrogen-bond donors (Lipinski definition) is 0. The van der Waals surface area contributed by atoms with Crippen molar-refractivity contribution < 1.29 is 13.2 Å². The van der Waals surface area contributed by atoms with Gasteiger partial charge in [0.1, 0.15) is 17.5 Å². The molecule has 0 bridgehead atoms. The van der Waals surface area contributed by atoms with Crippen LogP contribution in [0.25, 0.3) is 21.9 Å². The lowest BCUT2D eigenvalue weighted by Gasteiger charge is -2.29. The van der Waals surface area contributed by atoms with Crippen LogP contribution < -0.4 is 0 Å². The molecule has 1 saturated carbocycles. The summed E-state index contributed by atoms with van der Waals surface area (Å²) in [5, 5.41) is 1.33. The van der Waals surface area contributed by atoms with Gasteiger partial charge in [-0.1, -0.05) is 56.5 Å². The largest absolute Gasteiger partial charge is 0.207 e. The highest BCUT2D eigenvalue weighted by Crippen LogP contribution is 2.39. The van der Waals surface area contributed by atoms with Crippen molar-refractivity contribution in [2.24, 2.45) is 5.92 Å². The second-order valence-corrected chi connectivity index (χ2v) is 8.43. The standard InChI is InChI=1S/C26H27F3/c1-2-3-4-17-5-7-18(8-6-17)19-9-11-24-20(13-19)10-12-25(26(24)29)21-14-22(27)16-23(28)15-21/h9-18H,2-8H2,1H3. The van der Waals surface area contributed by atoms with Crippen LogP contribution in [0, 0.1) is 23.4 Å². The Labute approximate surface area is 170 Å². The maximum absolute atomic E-state index is 15.1. The van der Waals surface area contributed by atoms with Crippen LogP contribution in [0.5, 0.6) is 0 Å². The van der Waals surface area contributed by atoms with Crippen molar-refractivity contribution in [2.45, 2.75) is 57.8 Å². The van der Waals surface area contributed by atoms with Crippen LogP contribution in [-0.2, 0) is 0 Å². The topological polar surface area (TPSA) is 0 Å². The van der Waals surface area contributed by atoms with E-state index in [1.165, 1.54) is 62.6 Å². The summed E-state index contributed by atoms with van der Waals surface area (Å²) in [4.78, 5) is 0. The predicted molar refractivity (Wildman–Crippen MR) is 113 cm³/mol. The fourth-order valence-corrected chi connectivity index (χ4v) is 4.77. The fourth-order valence-electron chi connectivity index (χ4n) is 4.77. The van der Waals surface area contributed by atoms with Gasteiger partial charge in [-0.3, -0.25) is 0 Å². The van der Waals surface area contributed by atoms with Crippen molar-refractivity contribution >= 4 is 10.8 Å². The van der Waals surface area contributed by atoms with E-state index >= 15 is 4.39 Å². The number of hydrogen-bond acceptors (Lipinski definition) is 0. The van der Waals surface area contributed by atoms with Crippen LogP contribution in [0.2, 0.25) is 0 Å². The molecule has 152 valence electrons. The molecule has 3 aromatic carbocycles. The average Bonchev–Trinajstić information content (AvgIpc) is 2.72. The van der Waals surface area contributed by atoms with Gasteiger partial charge in [-0.25, -0.2) is 13.2 Å². The van der Waals surface area contributed by atoms with Gasteiger partial charge in [-0.05, 0) is 66.2 Å². The highest BCUT2D eigenvalue weighted by atomic mass is 19.1. The molecule has 1 fully saturated rings. The summed E-state index contributed by atoms with van der Waals surface area (Å²) in [6.07, 6.45) is 8.88. The third kappa shape index (κ3) is 4.34. The first-order valence-electron chi connectivity index (χ1n) is 10.7. The van der Waals surface area contributed by atoms with E-state index in [9.17, 15) is 8.78 Å². The van der Waals surface area contributed by atoms with Crippen molar-refractivity contribution in [3.63, 3.8) is 0 Å². The number of halogens is 3. The number of rotatable bonds is 5. The Bertz CT molecular complexity index is 980. The molecule has 0 amide bonds. The highest BCUT2D eigenvalue weighted by Gasteiger charge is 2.22. The molecule has 0 heterocycles. The van der Waals surface area contributed by atoms with E-state index in [2.05, 4.69) is 13.0 Å². The second-order valence-electron chi connectivity index (χ2n) is 8.43. The van der Waals surface area contributed by atoms with Crippen LogP contribution in [-0.4, -0.2) is 0 Å². The smallest absolute Gasteiger partial charge is 0.138 e. The zero-order valence-electron chi connectivity index (χ0n) is 16.9. The molecule has 3 heteroatoms. The van der Waals surface area contributed by atoms with Crippen molar-refractivity contribution in [1.29, 1.82) is 0 Å². The van der Waals surface area contributed by atoms with Crippen molar-refractivity contribution in [3.05, 3.63) is 71.5 Å². The minimum Gasteiger partial charge on any atom is -0.207 e. The second kappa shape index (κ2) is 8.61. The highest BCUT2D eigenvalue weighted by molar-refractivity contribution is 5.89. The lowest BCUT2D eigenvalue weighted by atomic mass is 9.77. The SMILES string of the molecule is CCCCC1CCC(c2ccc3c(F)c(-c4cc(F)cc(F)c4)ccc3c2)CC1. The maximum atomic E-state index is 15.1. The predicted octanol–water partition coefficient (Wildman–Crippen LogP) is 8.39. The first kappa shape index (κ1) is 20.0. The third-order valence-corrected chi connectivity index (χ3v) is 6.44. The first-order valence-corrected chi connectivity index (χ1v) is 10.7. The van der Waals surface area contributed by atoms with E-state index in [1.54, 1.807) is 6.07 Å². The van der Waals surface area contributed by atoms with E-state index in [0.717, 1.165) is 17.4 Å². The van der Waals surface area contributed by atoms with E-state index < -0.39 is 17.5 Å². The zero-order valence-corrected chi connectivity index (χ0v) is 16.9. The zero-order chi connectivity index (χ0) is 20.4. The number of benzene rings is 3. The third-order valence-electron chi connectivity index (χ3n) is 6.44. The molecule has 3 aromatic rings. The van der Waals surface area contributed by atoms with Gasteiger partial charge in [0, 0.05) is 17.0 Å². The Hall–Kier alpha value is -2.29. The van der Waals surface area contributed by atoms with Crippen LogP contribution >= 0.6 is 0 Å². The summed E-state index contributed by atoms with van der Waals surface area (Å²) < 4.78 is 42.2. The fraction of sp³-hybridized carbons (Fsp3) is 0.385. The molecule has 0 aliphatic heterocycles. The first-order chi connectivity index (χ1) is 14.0. The maximum Gasteiger partial charge on any atom is 0.138 e. The molecular weight excluding hydrogens is 369 g/mol. The van der Waals surface area contributed by atoms with Gasteiger partial charge in [0.25, 0.3) is 0 Å². The molecular formula is C26H27F3. The number of fused-ring (bicyclic) bond motifs is 1. The summed E-state index contributed by atoms with van der Waals surface area (Å²) >= 11 is 0. The van der Waals surface area contributed by atoms with E-state index in [4.69, 9.17) is 0 Å². The molecule has 0 N–H and O–H groups in total. The minimum absolute atomic E-state index is 0.219. The normalized spacial score (nSPS) is 19.6. The molecule has 0 nitrogen and oxygen atoms in total. The van der Waals surface area contributed by atoms with Gasteiger partial charge in [0.15, 0.2) is 0 Å². The molecule has 1 aliphatic rings. The van der Waals surface area contributed by atoms with Gasteiger partial charge in [0.2, 0.25) is 0 Å². The Morgan fingerprint density at radius 2 is 1.55 bits per heavy atom. The minimum atomic E-state index is -0.704. The Morgan fingerprint density at radius 3 is 2.24 bits per heavy atom. The molecule has 0 atom stereocenters. The van der Waals surface area contributed by atoms with Crippen molar-refractivity contribution in [3.8, 4) is 11.1 Å². The molecule has 29 heavy (non-hydrogen) atoms. The molecule has 0 saturated heterocycles. The monoisotopic (exact) mass is 396 g/mol. The van der Waals surface area contributed by atoms with Crippen molar-refractivity contribution in [2.75, 3.05) is 0 Å². The van der Waals surface area contributed by atoms with Crippen molar-refractivity contribution in [1.82, 2.24) is 0 Å². The van der Waals surface area contributed by atoms with E-state index in [1.807, 2.05) is 18.2 Å². The van der Waals surface area contributed by atoms with E-state index in [0.29, 0.717) is 11.3 Å². The van der Waals surface area contributed by atoms with Gasteiger partial charge in [-0.2, -0.15) is 0 Å². The summed E-state index contributed by atoms with van der Waals surface area (Å²) in [6.45, 7) is 2.25. The lowest BCUT2D eigenvalue weighted by Crippen LogP contribution is -2.13. The van der Waals surface area contributed by atoms with Gasteiger partial charge in [-0.15, -0.1) is 0 Å².